The van der Waals surface area contributed by atoms with Crippen LogP contribution in [0.25, 0.3) is 0 Å². The van der Waals surface area contributed by atoms with Crippen LogP contribution >= 0.6 is 11.8 Å². The number of nitrogens with one attached hydrogen (secondary N) is 1. The lowest BCUT2D eigenvalue weighted by molar-refractivity contribution is 0.183. The second kappa shape index (κ2) is 6.01. The van der Waals surface area contributed by atoms with Gasteiger partial charge in [0.2, 0.25) is 0 Å². The van der Waals surface area contributed by atoms with Gasteiger partial charge in [-0.05, 0) is 19.1 Å². The molecule has 0 aromatic carbocycles. The van der Waals surface area contributed by atoms with E-state index in [0.717, 1.165) is 54.2 Å². The summed E-state index contributed by atoms with van der Waals surface area (Å²) in [6.45, 7) is 5.92. The quantitative estimate of drug-likeness (QED) is 0.938. The van der Waals surface area contributed by atoms with Crippen LogP contribution in [0, 0.1) is 6.92 Å². The second-order valence-corrected chi connectivity index (χ2v) is 6.21. The summed E-state index contributed by atoms with van der Waals surface area (Å²) < 4.78 is 5.82. The Kier molecular flexibility index (Phi) is 4.12. The van der Waals surface area contributed by atoms with E-state index in [9.17, 15) is 0 Å². The molecule has 3 rings (SSSR count). The van der Waals surface area contributed by atoms with Gasteiger partial charge in [0.15, 0.2) is 0 Å². The molecule has 0 saturated carbocycles. The van der Waals surface area contributed by atoms with Crippen molar-refractivity contribution in [3.8, 4) is 0 Å². The standard InChI is InChI=1S/C14H20N4OS/c1-3-13-15-14(17-16-13)8-18-6-7-20-9-11(18)12-5-4-10(2)19-12/h4-5,11H,3,6-9H2,1-2H3,(H,15,16,17). The SMILES string of the molecule is CCc1n[nH]c(CN2CCSCC2c2ccc(C)o2)n1. The molecule has 1 unspecified atom stereocenters. The number of H-pyrrole nitrogens is 1. The largest absolute Gasteiger partial charge is 0.465 e. The maximum absolute atomic E-state index is 5.82. The maximum atomic E-state index is 5.82. The first-order valence-electron chi connectivity index (χ1n) is 7.04. The summed E-state index contributed by atoms with van der Waals surface area (Å²) in [5.41, 5.74) is 0. The van der Waals surface area contributed by atoms with Gasteiger partial charge < -0.3 is 4.42 Å². The molecule has 1 aliphatic rings. The number of rotatable bonds is 4. The van der Waals surface area contributed by atoms with Gasteiger partial charge >= 0.3 is 0 Å². The molecule has 1 aliphatic heterocycles. The van der Waals surface area contributed by atoms with E-state index in [1.165, 1.54) is 0 Å². The minimum absolute atomic E-state index is 0.331. The van der Waals surface area contributed by atoms with Crippen LogP contribution in [0.2, 0.25) is 0 Å². The molecule has 6 heteroatoms. The zero-order chi connectivity index (χ0) is 13.9. The number of hydrogen-bond acceptors (Lipinski definition) is 5. The van der Waals surface area contributed by atoms with E-state index >= 15 is 0 Å². The van der Waals surface area contributed by atoms with Crippen molar-refractivity contribution in [2.45, 2.75) is 32.9 Å². The van der Waals surface area contributed by atoms with Crippen LogP contribution in [0.15, 0.2) is 16.5 Å². The molecule has 5 nitrogen and oxygen atoms in total. The van der Waals surface area contributed by atoms with Crippen molar-refractivity contribution < 1.29 is 4.42 Å². The van der Waals surface area contributed by atoms with E-state index in [4.69, 9.17) is 4.42 Å². The molecule has 0 radical (unpaired) electrons. The molecule has 20 heavy (non-hydrogen) atoms. The molecule has 3 heterocycles. The maximum Gasteiger partial charge on any atom is 0.150 e. The van der Waals surface area contributed by atoms with Gasteiger partial charge in [-0.25, -0.2) is 4.98 Å². The average Bonchev–Trinajstić information content (AvgIpc) is 3.08. The molecule has 0 spiro atoms. The summed E-state index contributed by atoms with van der Waals surface area (Å²) in [5, 5.41) is 7.25. The first kappa shape index (κ1) is 13.7. The molecule has 1 fully saturated rings. The lowest BCUT2D eigenvalue weighted by atomic mass is 10.2. The third-order valence-corrected chi connectivity index (χ3v) is 4.60. The zero-order valence-electron chi connectivity index (χ0n) is 11.9. The van der Waals surface area contributed by atoms with Gasteiger partial charge in [0.1, 0.15) is 23.2 Å². The van der Waals surface area contributed by atoms with Crippen LogP contribution in [-0.2, 0) is 13.0 Å². The summed E-state index contributed by atoms with van der Waals surface area (Å²) in [6, 6.07) is 4.46. The highest BCUT2D eigenvalue weighted by Crippen LogP contribution is 2.31. The summed E-state index contributed by atoms with van der Waals surface area (Å²) >= 11 is 1.98. The monoisotopic (exact) mass is 292 g/mol. The molecule has 108 valence electrons. The molecule has 0 bridgehead atoms. The smallest absolute Gasteiger partial charge is 0.150 e. The van der Waals surface area contributed by atoms with Gasteiger partial charge in [-0.1, -0.05) is 6.92 Å². The lowest BCUT2D eigenvalue weighted by Crippen LogP contribution is -2.35. The van der Waals surface area contributed by atoms with Crippen LogP contribution in [-0.4, -0.2) is 38.1 Å². The summed E-state index contributed by atoms with van der Waals surface area (Å²) in [5.74, 6) is 6.10. The van der Waals surface area contributed by atoms with E-state index in [2.05, 4.69) is 33.1 Å². The molecule has 1 atom stereocenters. The molecule has 1 N–H and O–H groups in total. The van der Waals surface area contributed by atoms with Crippen LogP contribution in [0.4, 0.5) is 0 Å². The minimum atomic E-state index is 0.331. The number of thioether (sulfide) groups is 1. The van der Waals surface area contributed by atoms with Gasteiger partial charge in [-0.15, -0.1) is 0 Å². The van der Waals surface area contributed by atoms with Crippen molar-refractivity contribution in [1.29, 1.82) is 0 Å². The van der Waals surface area contributed by atoms with Crippen LogP contribution in [0.3, 0.4) is 0 Å². The van der Waals surface area contributed by atoms with Crippen LogP contribution < -0.4 is 0 Å². The Morgan fingerprint density at radius 3 is 3.10 bits per heavy atom. The van der Waals surface area contributed by atoms with Gasteiger partial charge in [-0.2, -0.15) is 16.9 Å². The van der Waals surface area contributed by atoms with Crippen molar-refractivity contribution in [3.63, 3.8) is 0 Å². The van der Waals surface area contributed by atoms with Gasteiger partial charge in [-0.3, -0.25) is 10.00 Å². The Bertz CT molecular complexity index is 565. The first-order chi connectivity index (χ1) is 9.76. The topological polar surface area (TPSA) is 58.0 Å². The molecule has 2 aromatic heterocycles. The Morgan fingerprint density at radius 1 is 1.50 bits per heavy atom. The number of aromatic nitrogens is 3. The molecule has 0 aliphatic carbocycles. The predicted octanol–water partition coefficient (Wildman–Crippen LogP) is 2.56. The minimum Gasteiger partial charge on any atom is -0.465 e. The predicted molar refractivity (Wildman–Crippen MR) is 79.7 cm³/mol. The second-order valence-electron chi connectivity index (χ2n) is 5.06. The zero-order valence-corrected chi connectivity index (χ0v) is 12.7. The van der Waals surface area contributed by atoms with Crippen molar-refractivity contribution in [2.75, 3.05) is 18.1 Å². The normalized spacial score (nSPS) is 20.4. The number of aryl methyl sites for hydroxylation is 2. The van der Waals surface area contributed by atoms with Crippen LogP contribution in [0.5, 0.6) is 0 Å². The first-order valence-corrected chi connectivity index (χ1v) is 8.20. The fourth-order valence-electron chi connectivity index (χ4n) is 2.48. The molecular weight excluding hydrogens is 272 g/mol. The third-order valence-electron chi connectivity index (χ3n) is 3.58. The van der Waals surface area contributed by atoms with Crippen molar-refractivity contribution in [1.82, 2.24) is 20.1 Å². The highest BCUT2D eigenvalue weighted by atomic mass is 32.2. The third kappa shape index (κ3) is 2.91. The van der Waals surface area contributed by atoms with Gasteiger partial charge in [0.25, 0.3) is 0 Å². The van der Waals surface area contributed by atoms with E-state index in [1.807, 2.05) is 24.8 Å². The van der Waals surface area contributed by atoms with Crippen molar-refractivity contribution in [3.05, 3.63) is 35.3 Å². The van der Waals surface area contributed by atoms with Crippen molar-refractivity contribution in [2.24, 2.45) is 0 Å². The van der Waals surface area contributed by atoms with E-state index in [1.54, 1.807) is 0 Å². The highest BCUT2D eigenvalue weighted by molar-refractivity contribution is 7.99. The fourth-order valence-corrected chi connectivity index (χ4v) is 3.61. The fraction of sp³-hybridized carbons (Fsp3) is 0.571. The highest BCUT2D eigenvalue weighted by Gasteiger charge is 2.27. The molecule has 1 saturated heterocycles. The van der Waals surface area contributed by atoms with Gasteiger partial charge in [0, 0.05) is 24.5 Å². The molecular formula is C14H20N4OS. The molecule has 2 aromatic rings. The average molecular weight is 292 g/mol. The number of furan rings is 1. The van der Waals surface area contributed by atoms with E-state index < -0.39 is 0 Å². The van der Waals surface area contributed by atoms with E-state index in [0.29, 0.717) is 6.04 Å². The summed E-state index contributed by atoms with van der Waals surface area (Å²) in [6.07, 6.45) is 0.868. The number of nitrogens with zero attached hydrogens (tertiary/aromatic N) is 3. The number of aromatic amines is 1. The Hall–Kier alpha value is -1.27. The summed E-state index contributed by atoms with van der Waals surface area (Å²) in [4.78, 5) is 6.94. The summed E-state index contributed by atoms with van der Waals surface area (Å²) in [7, 11) is 0. The molecule has 0 amide bonds. The van der Waals surface area contributed by atoms with Crippen molar-refractivity contribution >= 4 is 11.8 Å². The lowest BCUT2D eigenvalue weighted by Gasteiger charge is -2.33. The number of hydrogen-bond donors (Lipinski definition) is 1. The Balaban J connectivity index is 1.75. The van der Waals surface area contributed by atoms with Crippen LogP contribution in [0.1, 0.15) is 36.1 Å². The Labute approximate surface area is 123 Å². The van der Waals surface area contributed by atoms with E-state index in [-0.39, 0.29) is 0 Å². The Morgan fingerprint density at radius 2 is 2.40 bits per heavy atom. The van der Waals surface area contributed by atoms with Gasteiger partial charge in [0.05, 0.1) is 12.6 Å².